The Morgan fingerprint density at radius 2 is 2.04 bits per heavy atom. The summed E-state index contributed by atoms with van der Waals surface area (Å²) >= 11 is 9.77. The summed E-state index contributed by atoms with van der Waals surface area (Å²) in [5.74, 6) is -0.362. The Bertz CT molecular complexity index is 766. The number of thioether (sulfide) groups is 1. The fourth-order valence-electron chi connectivity index (χ4n) is 2.27. The molecular weight excluding hydrogens is 442 g/mol. The van der Waals surface area contributed by atoms with E-state index in [1.165, 1.54) is 4.90 Å². The van der Waals surface area contributed by atoms with Gasteiger partial charge in [-0.1, -0.05) is 24.0 Å². The van der Waals surface area contributed by atoms with Gasteiger partial charge in [-0.2, -0.15) is 0 Å². The number of hydrogen-bond donors (Lipinski definition) is 0. The van der Waals surface area contributed by atoms with E-state index in [1.807, 2.05) is 19.9 Å². The first kappa shape index (κ1) is 20.7. The molecular formula is C17H17BrNO5S2-. The summed E-state index contributed by atoms with van der Waals surface area (Å²) in [5, 5.41) is 10.6. The normalized spacial score (nSPS) is 15.7. The Labute approximate surface area is 169 Å². The minimum atomic E-state index is -1.22. The van der Waals surface area contributed by atoms with Crippen molar-refractivity contribution in [2.75, 3.05) is 19.8 Å². The first-order valence-corrected chi connectivity index (χ1v) is 9.93. The summed E-state index contributed by atoms with van der Waals surface area (Å²) < 4.78 is 12.3. The lowest BCUT2D eigenvalue weighted by Gasteiger charge is -2.14. The maximum atomic E-state index is 12.5. The van der Waals surface area contributed by atoms with Gasteiger partial charge >= 0.3 is 0 Å². The molecule has 0 radical (unpaired) electrons. The minimum absolute atomic E-state index is 0.00150. The predicted molar refractivity (Wildman–Crippen MR) is 106 cm³/mol. The van der Waals surface area contributed by atoms with Crippen LogP contribution in [0, 0.1) is 0 Å². The van der Waals surface area contributed by atoms with Crippen LogP contribution in [0.1, 0.15) is 25.8 Å². The van der Waals surface area contributed by atoms with Gasteiger partial charge in [0.05, 0.1) is 22.6 Å². The Kier molecular flexibility index (Phi) is 7.48. The number of aliphatic carboxylic acids is 1. The zero-order valence-corrected chi connectivity index (χ0v) is 17.5. The molecule has 0 unspecified atom stereocenters. The van der Waals surface area contributed by atoms with Crippen LogP contribution in [0.15, 0.2) is 21.5 Å². The van der Waals surface area contributed by atoms with Crippen molar-refractivity contribution in [1.29, 1.82) is 0 Å². The van der Waals surface area contributed by atoms with Crippen molar-refractivity contribution in [2.45, 2.75) is 20.3 Å². The highest BCUT2D eigenvalue weighted by Crippen LogP contribution is 2.39. The van der Waals surface area contributed by atoms with Gasteiger partial charge in [-0.3, -0.25) is 9.69 Å². The number of rotatable bonds is 8. The van der Waals surface area contributed by atoms with Gasteiger partial charge in [0.25, 0.3) is 5.91 Å². The van der Waals surface area contributed by atoms with Crippen molar-refractivity contribution in [2.24, 2.45) is 0 Å². The summed E-state index contributed by atoms with van der Waals surface area (Å²) in [6.45, 7) is 4.73. The molecule has 140 valence electrons. The molecule has 1 aliphatic rings. The largest absolute Gasteiger partial charge is 0.550 e. The van der Waals surface area contributed by atoms with Gasteiger partial charge in [-0.15, -0.1) is 0 Å². The molecule has 1 aromatic carbocycles. The highest BCUT2D eigenvalue weighted by molar-refractivity contribution is 9.10. The summed E-state index contributed by atoms with van der Waals surface area (Å²) in [7, 11) is 0. The number of carboxylic acids is 1. The standard InChI is InChI=1S/C17H18BrNO5S2/c1-3-23-12-8-10(7-11(18)15(12)24-4-2)9-13-16(22)19(17(25)26-13)6-5-14(20)21/h7-9H,3-6H2,1-2H3,(H,20,21)/p-1/b13-9-. The molecule has 0 atom stereocenters. The van der Waals surface area contributed by atoms with E-state index in [4.69, 9.17) is 21.7 Å². The van der Waals surface area contributed by atoms with E-state index in [1.54, 1.807) is 12.1 Å². The second kappa shape index (κ2) is 9.38. The van der Waals surface area contributed by atoms with Gasteiger partial charge in [0, 0.05) is 18.9 Å². The summed E-state index contributed by atoms with van der Waals surface area (Å²) in [6.07, 6.45) is 1.43. The molecule has 9 heteroatoms. The predicted octanol–water partition coefficient (Wildman–Crippen LogP) is 2.59. The van der Waals surface area contributed by atoms with Gasteiger partial charge in [-0.25, -0.2) is 0 Å². The molecule has 1 amide bonds. The highest BCUT2D eigenvalue weighted by Gasteiger charge is 2.31. The molecule has 1 heterocycles. The summed E-state index contributed by atoms with van der Waals surface area (Å²) in [4.78, 5) is 24.8. The molecule has 1 aromatic rings. The smallest absolute Gasteiger partial charge is 0.266 e. The van der Waals surface area contributed by atoms with Gasteiger partial charge in [0.15, 0.2) is 11.5 Å². The molecule has 2 rings (SSSR count). The van der Waals surface area contributed by atoms with Gasteiger partial charge < -0.3 is 19.4 Å². The van der Waals surface area contributed by atoms with Gasteiger partial charge in [0.2, 0.25) is 0 Å². The third-order valence-electron chi connectivity index (χ3n) is 3.33. The Morgan fingerprint density at radius 3 is 2.65 bits per heavy atom. The Hall–Kier alpha value is -1.58. The van der Waals surface area contributed by atoms with Crippen molar-refractivity contribution >= 4 is 62.2 Å². The first-order valence-electron chi connectivity index (χ1n) is 7.91. The number of carbonyl (C=O) groups is 2. The van der Waals surface area contributed by atoms with Crippen molar-refractivity contribution < 1.29 is 24.2 Å². The molecule has 0 bridgehead atoms. The number of carboxylic acid groups (broad SMARTS) is 1. The van der Waals surface area contributed by atoms with E-state index >= 15 is 0 Å². The molecule has 0 N–H and O–H groups in total. The van der Waals surface area contributed by atoms with E-state index in [9.17, 15) is 14.7 Å². The number of nitrogens with zero attached hydrogens (tertiary/aromatic N) is 1. The number of halogens is 1. The van der Waals surface area contributed by atoms with Crippen molar-refractivity contribution in [3.8, 4) is 11.5 Å². The lowest BCUT2D eigenvalue weighted by molar-refractivity contribution is -0.305. The van der Waals surface area contributed by atoms with Crippen LogP contribution in [0.2, 0.25) is 0 Å². The fourth-order valence-corrected chi connectivity index (χ4v) is 4.15. The molecule has 6 nitrogen and oxygen atoms in total. The lowest BCUT2D eigenvalue weighted by Crippen LogP contribution is -2.33. The third-order valence-corrected chi connectivity index (χ3v) is 5.30. The van der Waals surface area contributed by atoms with Crippen molar-refractivity contribution in [3.63, 3.8) is 0 Å². The maximum Gasteiger partial charge on any atom is 0.266 e. The zero-order valence-electron chi connectivity index (χ0n) is 14.2. The van der Waals surface area contributed by atoms with Crippen LogP contribution in [0.25, 0.3) is 6.08 Å². The van der Waals surface area contributed by atoms with Crippen molar-refractivity contribution in [3.05, 3.63) is 27.1 Å². The number of benzene rings is 1. The molecule has 0 spiro atoms. The number of hydrogen-bond acceptors (Lipinski definition) is 7. The number of carbonyl (C=O) groups excluding carboxylic acids is 2. The monoisotopic (exact) mass is 458 g/mol. The van der Waals surface area contributed by atoms with Crippen LogP contribution in [0.5, 0.6) is 11.5 Å². The number of thiocarbonyl (C=S) groups is 1. The van der Waals surface area contributed by atoms with Crippen LogP contribution in [-0.4, -0.2) is 40.9 Å². The summed E-state index contributed by atoms with van der Waals surface area (Å²) in [5.41, 5.74) is 0.740. The van der Waals surface area contributed by atoms with E-state index in [0.29, 0.717) is 38.4 Å². The van der Waals surface area contributed by atoms with Crippen LogP contribution in [0.3, 0.4) is 0 Å². The molecule has 0 saturated carbocycles. The van der Waals surface area contributed by atoms with Gasteiger partial charge in [-0.05, 0) is 53.5 Å². The molecule has 0 aromatic heterocycles. The quantitative estimate of drug-likeness (QED) is 0.437. The second-order valence-corrected chi connectivity index (χ2v) is 7.68. The fraction of sp³-hybridized carbons (Fsp3) is 0.353. The lowest BCUT2D eigenvalue weighted by atomic mass is 10.2. The number of amides is 1. The second-order valence-electron chi connectivity index (χ2n) is 5.15. The Balaban J connectivity index is 2.30. The van der Waals surface area contributed by atoms with Crippen LogP contribution >= 0.6 is 39.9 Å². The SMILES string of the molecule is CCOc1cc(/C=C2\SC(=S)N(CCC(=O)[O-])C2=O)cc(Br)c1OCC. The van der Waals surface area contributed by atoms with E-state index in [-0.39, 0.29) is 18.9 Å². The van der Waals surface area contributed by atoms with Crippen LogP contribution in [-0.2, 0) is 9.59 Å². The number of ether oxygens (including phenoxy) is 2. The molecule has 1 saturated heterocycles. The average Bonchev–Trinajstić information content (AvgIpc) is 2.83. The van der Waals surface area contributed by atoms with Crippen molar-refractivity contribution in [1.82, 2.24) is 4.90 Å². The molecule has 1 aliphatic heterocycles. The molecule has 0 aliphatic carbocycles. The minimum Gasteiger partial charge on any atom is -0.550 e. The maximum absolute atomic E-state index is 12.5. The van der Waals surface area contributed by atoms with E-state index in [0.717, 1.165) is 17.3 Å². The van der Waals surface area contributed by atoms with Crippen LogP contribution < -0.4 is 14.6 Å². The van der Waals surface area contributed by atoms with E-state index < -0.39 is 5.97 Å². The topological polar surface area (TPSA) is 78.9 Å². The average molecular weight is 459 g/mol. The third kappa shape index (κ3) is 4.99. The summed E-state index contributed by atoms with van der Waals surface area (Å²) in [6, 6.07) is 3.61. The Morgan fingerprint density at radius 1 is 1.35 bits per heavy atom. The first-order chi connectivity index (χ1) is 12.4. The van der Waals surface area contributed by atoms with Gasteiger partial charge in [0.1, 0.15) is 4.32 Å². The molecule has 26 heavy (non-hydrogen) atoms. The zero-order chi connectivity index (χ0) is 19.3. The highest BCUT2D eigenvalue weighted by atomic mass is 79.9. The molecule has 1 fully saturated rings. The van der Waals surface area contributed by atoms with E-state index in [2.05, 4.69) is 15.9 Å². The van der Waals surface area contributed by atoms with Crippen LogP contribution in [0.4, 0.5) is 0 Å².